The van der Waals surface area contributed by atoms with Gasteiger partial charge in [-0.15, -0.1) is 0 Å². The van der Waals surface area contributed by atoms with Gasteiger partial charge in [0.05, 0.1) is 30.9 Å². The molecular formula is C13H22N2O5S. The van der Waals surface area contributed by atoms with Gasteiger partial charge in [0.15, 0.2) is 0 Å². The van der Waals surface area contributed by atoms with E-state index in [4.69, 9.17) is 19.9 Å². The van der Waals surface area contributed by atoms with Crippen molar-refractivity contribution in [3.8, 4) is 5.75 Å². The predicted octanol–water partition coefficient (Wildman–Crippen LogP) is 0.561. The van der Waals surface area contributed by atoms with Gasteiger partial charge in [-0.05, 0) is 12.1 Å². The van der Waals surface area contributed by atoms with E-state index in [0.29, 0.717) is 24.7 Å². The highest BCUT2D eigenvalue weighted by Gasteiger charge is 2.24. The number of benzene rings is 1. The zero-order chi connectivity index (χ0) is 15.9. The minimum absolute atomic E-state index is 0.126. The molecule has 0 unspecified atom stereocenters. The largest absolute Gasteiger partial charge is 0.495 e. The average Bonchev–Trinajstić information content (AvgIpc) is 2.47. The number of nitrogens with two attached hydrogens (primary N) is 1. The van der Waals surface area contributed by atoms with Crippen LogP contribution < -0.4 is 10.5 Å². The fraction of sp³-hybridized carbons (Fsp3) is 0.538. The van der Waals surface area contributed by atoms with Gasteiger partial charge in [0.2, 0.25) is 10.0 Å². The molecule has 0 bridgehead atoms. The average molecular weight is 318 g/mol. The first-order chi connectivity index (χ1) is 9.97. The van der Waals surface area contributed by atoms with E-state index in [0.717, 1.165) is 0 Å². The maximum Gasteiger partial charge on any atom is 0.243 e. The van der Waals surface area contributed by atoms with Crippen LogP contribution in [-0.2, 0) is 19.5 Å². The van der Waals surface area contributed by atoms with E-state index in [-0.39, 0.29) is 18.0 Å². The Kier molecular flexibility index (Phi) is 6.90. The lowest BCUT2D eigenvalue weighted by molar-refractivity contribution is 0.150. The molecule has 0 aromatic heterocycles. The number of methoxy groups -OCH3 is 3. The highest BCUT2D eigenvalue weighted by Crippen LogP contribution is 2.26. The van der Waals surface area contributed by atoms with E-state index in [2.05, 4.69) is 0 Å². The van der Waals surface area contributed by atoms with Crippen LogP contribution in [0.5, 0.6) is 5.75 Å². The van der Waals surface area contributed by atoms with Crippen molar-refractivity contribution in [1.29, 1.82) is 0 Å². The Balaban J connectivity index is 3.08. The van der Waals surface area contributed by atoms with Gasteiger partial charge in [-0.25, -0.2) is 8.42 Å². The predicted molar refractivity (Wildman–Crippen MR) is 79.9 cm³/mol. The molecule has 1 rings (SSSR count). The van der Waals surface area contributed by atoms with Crippen molar-refractivity contribution in [2.45, 2.75) is 4.90 Å². The van der Waals surface area contributed by atoms with Crippen LogP contribution in [-0.4, -0.2) is 60.4 Å². The van der Waals surface area contributed by atoms with Crippen molar-refractivity contribution in [3.63, 3.8) is 0 Å². The second-order valence-corrected chi connectivity index (χ2v) is 6.23. The molecule has 7 nitrogen and oxygen atoms in total. The first-order valence-corrected chi connectivity index (χ1v) is 7.83. The van der Waals surface area contributed by atoms with E-state index in [1.807, 2.05) is 0 Å². The van der Waals surface area contributed by atoms with Crippen molar-refractivity contribution in [2.24, 2.45) is 0 Å². The Bertz CT molecular complexity index is 539. The first-order valence-electron chi connectivity index (χ1n) is 6.39. The van der Waals surface area contributed by atoms with Crippen LogP contribution in [0.15, 0.2) is 23.1 Å². The molecule has 0 amide bonds. The Labute approximate surface area is 125 Å². The van der Waals surface area contributed by atoms with Gasteiger partial charge in [0, 0.05) is 33.4 Å². The Morgan fingerprint density at radius 3 is 2.14 bits per heavy atom. The summed E-state index contributed by atoms with van der Waals surface area (Å²) in [5.74, 6) is 0.328. The standard InChI is InChI=1S/C13H22N2O5S/c1-18-8-6-15(7-9-19-2)21(16,17)11-4-5-12(14)13(10-11)20-3/h4-5,10H,6-9,14H2,1-3H3. The van der Waals surface area contributed by atoms with Gasteiger partial charge >= 0.3 is 0 Å². The van der Waals surface area contributed by atoms with Crippen LogP contribution in [0.3, 0.4) is 0 Å². The van der Waals surface area contributed by atoms with Crippen molar-refractivity contribution in [3.05, 3.63) is 18.2 Å². The van der Waals surface area contributed by atoms with Gasteiger partial charge in [0.1, 0.15) is 5.75 Å². The summed E-state index contributed by atoms with van der Waals surface area (Å²) in [7, 11) is 0.825. The van der Waals surface area contributed by atoms with Crippen LogP contribution in [0, 0.1) is 0 Å². The van der Waals surface area contributed by atoms with E-state index in [1.165, 1.54) is 43.8 Å². The minimum atomic E-state index is -3.66. The monoisotopic (exact) mass is 318 g/mol. The topological polar surface area (TPSA) is 91.1 Å². The number of nitrogens with zero attached hydrogens (tertiary/aromatic N) is 1. The number of hydrogen-bond donors (Lipinski definition) is 1. The third-order valence-electron chi connectivity index (χ3n) is 2.93. The summed E-state index contributed by atoms with van der Waals surface area (Å²) in [4.78, 5) is 0.126. The van der Waals surface area contributed by atoms with Crippen molar-refractivity contribution >= 4 is 15.7 Å². The molecule has 0 spiro atoms. The van der Waals surface area contributed by atoms with Crippen LogP contribution in [0.1, 0.15) is 0 Å². The van der Waals surface area contributed by atoms with E-state index < -0.39 is 10.0 Å². The quantitative estimate of drug-likeness (QED) is 0.669. The Morgan fingerprint density at radius 1 is 1.10 bits per heavy atom. The molecule has 0 radical (unpaired) electrons. The number of ether oxygens (including phenoxy) is 3. The zero-order valence-electron chi connectivity index (χ0n) is 12.5. The molecule has 0 heterocycles. The van der Waals surface area contributed by atoms with Crippen molar-refractivity contribution in [1.82, 2.24) is 4.31 Å². The summed E-state index contributed by atoms with van der Waals surface area (Å²) in [5, 5.41) is 0. The summed E-state index contributed by atoms with van der Waals surface area (Å²) in [6.45, 7) is 1.09. The normalized spacial score (nSPS) is 11.8. The van der Waals surface area contributed by atoms with Gasteiger partial charge in [0.25, 0.3) is 0 Å². The molecule has 2 N–H and O–H groups in total. The lowest BCUT2D eigenvalue weighted by Crippen LogP contribution is -2.36. The van der Waals surface area contributed by atoms with Gasteiger partial charge < -0.3 is 19.9 Å². The van der Waals surface area contributed by atoms with Crippen LogP contribution in [0.2, 0.25) is 0 Å². The summed E-state index contributed by atoms with van der Waals surface area (Å²) in [6.07, 6.45) is 0. The molecule has 1 aromatic rings. The second-order valence-electron chi connectivity index (χ2n) is 4.29. The van der Waals surface area contributed by atoms with Crippen LogP contribution in [0.4, 0.5) is 5.69 Å². The number of hydrogen-bond acceptors (Lipinski definition) is 6. The third-order valence-corrected chi connectivity index (χ3v) is 4.83. The van der Waals surface area contributed by atoms with E-state index in [1.54, 1.807) is 0 Å². The molecule has 0 fully saturated rings. The zero-order valence-corrected chi connectivity index (χ0v) is 13.4. The van der Waals surface area contributed by atoms with E-state index in [9.17, 15) is 8.42 Å². The molecule has 8 heteroatoms. The van der Waals surface area contributed by atoms with Gasteiger partial charge in [-0.3, -0.25) is 0 Å². The minimum Gasteiger partial charge on any atom is -0.495 e. The lowest BCUT2D eigenvalue weighted by Gasteiger charge is -2.22. The molecule has 0 saturated carbocycles. The Hall–Kier alpha value is -1.35. The smallest absolute Gasteiger partial charge is 0.243 e. The number of anilines is 1. The highest BCUT2D eigenvalue weighted by atomic mass is 32.2. The molecule has 1 aromatic carbocycles. The Morgan fingerprint density at radius 2 is 1.67 bits per heavy atom. The molecule has 120 valence electrons. The van der Waals surface area contributed by atoms with Gasteiger partial charge in [-0.2, -0.15) is 4.31 Å². The molecular weight excluding hydrogens is 296 g/mol. The molecule has 21 heavy (non-hydrogen) atoms. The first kappa shape index (κ1) is 17.7. The summed E-state index contributed by atoms with van der Waals surface area (Å²) in [6, 6.07) is 4.38. The molecule has 0 atom stereocenters. The maximum atomic E-state index is 12.6. The summed E-state index contributed by atoms with van der Waals surface area (Å²) in [5.41, 5.74) is 6.09. The number of sulfonamides is 1. The highest BCUT2D eigenvalue weighted by molar-refractivity contribution is 7.89. The summed E-state index contributed by atoms with van der Waals surface area (Å²) >= 11 is 0. The SMILES string of the molecule is COCCN(CCOC)S(=O)(=O)c1ccc(N)c(OC)c1. The lowest BCUT2D eigenvalue weighted by atomic mass is 10.3. The summed E-state index contributed by atoms with van der Waals surface area (Å²) < 4.78 is 41.6. The number of rotatable bonds is 9. The molecule has 0 saturated heterocycles. The van der Waals surface area contributed by atoms with Crippen LogP contribution >= 0.6 is 0 Å². The molecule has 0 aliphatic rings. The fourth-order valence-corrected chi connectivity index (χ4v) is 3.16. The fourth-order valence-electron chi connectivity index (χ4n) is 1.74. The van der Waals surface area contributed by atoms with Gasteiger partial charge in [-0.1, -0.05) is 0 Å². The number of nitrogen functional groups attached to an aromatic ring is 1. The van der Waals surface area contributed by atoms with Crippen molar-refractivity contribution < 1.29 is 22.6 Å². The van der Waals surface area contributed by atoms with Crippen molar-refractivity contribution in [2.75, 3.05) is 53.4 Å². The maximum absolute atomic E-state index is 12.6. The second kappa shape index (κ2) is 8.18. The van der Waals surface area contributed by atoms with Crippen LogP contribution in [0.25, 0.3) is 0 Å². The van der Waals surface area contributed by atoms with E-state index >= 15 is 0 Å². The molecule has 0 aliphatic carbocycles. The third kappa shape index (κ3) is 4.57. The molecule has 0 aliphatic heterocycles.